The maximum Gasteiger partial charge on any atom is 0.416 e. The number of amides is 2. The summed E-state index contributed by atoms with van der Waals surface area (Å²) in [5.41, 5.74) is 0.181. The van der Waals surface area contributed by atoms with Gasteiger partial charge in [0.05, 0.1) is 12.2 Å². The van der Waals surface area contributed by atoms with Crippen LogP contribution in [-0.4, -0.2) is 34.9 Å². The summed E-state index contributed by atoms with van der Waals surface area (Å²) >= 11 is 6.85. The molecule has 0 spiro atoms. The van der Waals surface area contributed by atoms with Crippen LogP contribution in [0, 0.1) is 0 Å². The summed E-state index contributed by atoms with van der Waals surface area (Å²) in [7, 11) is 0. The van der Waals surface area contributed by atoms with E-state index in [0.717, 1.165) is 36.0 Å². The summed E-state index contributed by atoms with van der Waals surface area (Å²) in [6.07, 6.45) is -5.45. The van der Waals surface area contributed by atoms with E-state index in [0.29, 0.717) is 21.2 Å². The zero-order valence-electron chi connectivity index (χ0n) is 18.9. The van der Waals surface area contributed by atoms with Gasteiger partial charge in [-0.2, -0.15) is 13.2 Å². The van der Waals surface area contributed by atoms with Crippen molar-refractivity contribution in [3.8, 4) is 0 Å². The molecule has 0 aliphatic heterocycles. The summed E-state index contributed by atoms with van der Waals surface area (Å²) < 4.78 is 42.8. The Kier molecular flexibility index (Phi) is 9.42. The lowest BCUT2D eigenvalue weighted by atomic mass is 10.2. The molecule has 3 aromatic rings. The third kappa shape index (κ3) is 8.72. The minimum absolute atomic E-state index is 0.0285. The predicted octanol–water partition coefficient (Wildman–Crippen LogP) is 6.80. The lowest BCUT2D eigenvalue weighted by molar-refractivity contribution is -0.138. The summed E-state index contributed by atoms with van der Waals surface area (Å²) in [5.74, 6) is -1.47. The number of benzene rings is 3. The van der Waals surface area contributed by atoms with Crippen LogP contribution in [0.1, 0.15) is 22.3 Å². The second kappa shape index (κ2) is 12.5. The molecule has 0 aromatic heterocycles. The van der Waals surface area contributed by atoms with E-state index in [1.54, 1.807) is 48.5 Å². The van der Waals surface area contributed by atoms with Crippen molar-refractivity contribution in [2.45, 2.75) is 22.7 Å². The standard InChI is InChI=1S/C25H20ClF3N2O5S/c26-17-5-9-18(10-6-17)30-22(32)15-1-11-20(12-2-15)37-21(23(33)34)13-14-36-24(35)31-19-7-3-16(4-8-19)25(27,28)29/h1-12,21H,13-14H2,(H,30,32)(H,31,35)(H,33,34). The van der Waals surface area contributed by atoms with E-state index >= 15 is 0 Å². The monoisotopic (exact) mass is 552 g/mol. The van der Waals surface area contributed by atoms with E-state index in [1.165, 1.54) is 0 Å². The first-order valence-corrected chi connectivity index (χ1v) is 11.9. The van der Waals surface area contributed by atoms with Gasteiger partial charge >= 0.3 is 18.2 Å². The number of hydrogen-bond donors (Lipinski definition) is 3. The molecule has 0 saturated carbocycles. The molecule has 1 unspecified atom stereocenters. The number of carboxylic acids is 1. The molecule has 3 N–H and O–H groups in total. The maximum absolute atomic E-state index is 12.6. The lowest BCUT2D eigenvalue weighted by Gasteiger charge is -2.13. The smallest absolute Gasteiger partial charge is 0.416 e. The van der Waals surface area contributed by atoms with Crippen molar-refractivity contribution in [3.63, 3.8) is 0 Å². The van der Waals surface area contributed by atoms with Gasteiger partial charge in [-0.05, 0) is 72.8 Å². The third-order valence-corrected chi connectivity index (χ3v) is 6.36. The largest absolute Gasteiger partial charge is 0.480 e. The second-order valence-electron chi connectivity index (χ2n) is 7.55. The van der Waals surface area contributed by atoms with Crippen LogP contribution >= 0.6 is 23.4 Å². The normalized spacial score (nSPS) is 11.9. The molecule has 0 bridgehead atoms. The van der Waals surface area contributed by atoms with Crippen LogP contribution in [0.15, 0.2) is 77.7 Å². The van der Waals surface area contributed by atoms with Gasteiger partial charge < -0.3 is 15.2 Å². The van der Waals surface area contributed by atoms with Crippen molar-refractivity contribution >= 4 is 52.7 Å². The number of ether oxygens (including phenoxy) is 1. The van der Waals surface area contributed by atoms with Gasteiger partial charge in [-0.15, -0.1) is 11.8 Å². The Hall–Kier alpha value is -3.70. The van der Waals surface area contributed by atoms with Crippen molar-refractivity contribution < 1.29 is 37.4 Å². The highest BCUT2D eigenvalue weighted by Gasteiger charge is 2.30. The van der Waals surface area contributed by atoms with Crippen molar-refractivity contribution in [2.75, 3.05) is 17.2 Å². The molecular formula is C25H20ClF3N2O5S. The number of rotatable bonds is 9. The first kappa shape index (κ1) is 27.9. The van der Waals surface area contributed by atoms with Gasteiger partial charge in [0.1, 0.15) is 5.25 Å². The highest BCUT2D eigenvalue weighted by molar-refractivity contribution is 8.00. The Morgan fingerprint density at radius 3 is 2.03 bits per heavy atom. The highest BCUT2D eigenvalue weighted by atomic mass is 35.5. The van der Waals surface area contributed by atoms with Crippen LogP contribution in [0.25, 0.3) is 0 Å². The number of alkyl halides is 3. The van der Waals surface area contributed by atoms with E-state index < -0.39 is 29.1 Å². The molecule has 1 atom stereocenters. The van der Waals surface area contributed by atoms with Crippen LogP contribution < -0.4 is 10.6 Å². The predicted molar refractivity (Wildman–Crippen MR) is 134 cm³/mol. The summed E-state index contributed by atoms with van der Waals surface area (Å²) in [6.45, 7) is -0.238. The maximum atomic E-state index is 12.6. The minimum Gasteiger partial charge on any atom is -0.480 e. The van der Waals surface area contributed by atoms with Crippen LogP contribution in [-0.2, 0) is 15.7 Å². The van der Waals surface area contributed by atoms with Gasteiger partial charge in [-0.1, -0.05) is 11.6 Å². The number of thioether (sulfide) groups is 1. The van der Waals surface area contributed by atoms with Crippen LogP contribution in [0.5, 0.6) is 0 Å². The van der Waals surface area contributed by atoms with E-state index in [1.807, 2.05) is 0 Å². The van der Waals surface area contributed by atoms with Crippen molar-refractivity contribution in [3.05, 3.63) is 88.9 Å². The Bertz CT molecular complexity index is 1240. The van der Waals surface area contributed by atoms with E-state index in [4.69, 9.17) is 16.3 Å². The molecule has 7 nitrogen and oxygen atoms in total. The number of carbonyl (C=O) groups excluding carboxylic acids is 2. The first-order valence-electron chi connectivity index (χ1n) is 10.7. The van der Waals surface area contributed by atoms with Gasteiger partial charge in [-0.3, -0.25) is 14.9 Å². The van der Waals surface area contributed by atoms with Crippen LogP contribution in [0.4, 0.5) is 29.3 Å². The second-order valence-corrected chi connectivity index (χ2v) is 9.27. The Balaban J connectivity index is 1.48. The molecule has 12 heteroatoms. The molecule has 0 fully saturated rings. The van der Waals surface area contributed by atoms with Gasteiger partial charge in [0.2, 0.25) is 0 Å². The van der Waals surface area contributed by atoms with Crippen LogP contribution in [0.3, 0.4) is 0 Å². The molecule has 0 heterocycles. The summed E-state index contributed by atoms with van der Waals surface area (Å²) in [4.78, 5) is 36.5. The molecule has 3 aromatic carbocycles. The van der Waals surface area contributed by atoms with Gasteiger partial charge in [0.25, 0.3) is 5.91 Å². The van der Waals surface area contributed by atoms with Gasteiger partial charge in [-0.25, -0.2) is 4.79 Å². The fraction of sp³-hybridized carbons (Fsp3) is 0.160. The number of carboxylic acid groups (broad SMARTS) is 1. The van der Waals surface area contributed by atoms with Crippen LogP contribution in [0.2, 0.25) is 5.02 Å². The minimum atomic E-state index is -4.49. The number of nitrogens with one attached hydrogen (secondary N) is 2. The summed E-state index contributed by atoms with van der Waals surface area (Å²) in [6, 6.07) is 16.7. The highest BCUT2D eigenvalue weighted by Crippen LogP contribution is 2.30. The van der Waals surface area contributed by atoms with E-state index in [-0.39, 0.29) is 24.6 Å². The average Bonchev–Trinajstić information content (AvgIpc) is 2.85. The SMILES string of the molecule is O=C(Nc1ccc(C(F)(F)F)cc1)OCCC(Sc1ccc(C(=O)Nc2ccc(Cl)cc2)cc1)C(=O)O. The molecule has 3 rings (SSSR count). The van der Waals surface area contributed by atoms with Crippen molar-refractivity contribution in [2.24, 2.45) is 0 Å². The van der Waals surface area contributed by atoms with E-state index in [9.17, 15) is 32.7 Å². The average molecular weight is 553 g/mol. The fourth-order valence-corrected chi connectivity index (χ4v) is 4.04. The van der Waals surface area contributed by atoms with Crippen molar-refractivity contribution in [1.29, 1.82) is 0 Å². The lowest BCUT2D eigenvalue weighted by Crippen LogP contribution is -2.21. The van der Waals surface area contributed by atoms with Crippen molar-refractivity contribution in [1.82, 2.24) is 0 Å². The topological polar surface area (TPSA) is 105 Å². The number of aliphatic carboxylic acids is 1. The molecule has 194 valence electrons. The molecular weight excluding hydrogens is 533 g/mol. The molecule has 37 heavy (non-hydrogen) atoms. The Morgan fingerprint density at radius 1 is 0.892 bits per heavy atom. The van der Waals surface area contributed by atoms with Gasteiger partial charge in [0, 0.05) is 33.3 Å². The Labute approximate surface area is 219 Å². The molecule has 0 saturated heterocycles. The number of hydrogen-bond acceptors (Lipinski definition) is 5. The fourth-order valence-electron chi connectivity index (χ4n) is 2.97. The number of halogens is 4. The zero-order valence-corrected chi connectivity index (χ0v) is 20.5. The molecule has 0 aliphatic carbocycles. The number of anilines is 2. The van der Waals surface area contributed by atoms with Gasteiger partial charge in [0.15, 0.2) is 0 Å². The molecule has 0 radical (unpaired) electrons. The van der Waals surface area contributed by atoms with E-state index in [2.05, 4.69) is 10.6 Å². The molecule has 2 amide bonds. The summed E-state index contributed by atoms with van der Waals surface area (Å²) in [5, 5.41) is 14.1. The quantitative estimate of drug-likeness (QED) is 0.252. The first-order chi connectivity index (χ1) is 17.5. The number of carbonyl (C=O) groups is 3. The zero-order chi connectivity index (χ0) is 27.0. The third-order valence-electron chi connectivity index (χ3n) is 4.84. The Morgan fingerprint density at radius 2 is 1.46 bits per heavy atom. The molecule has 0 aliphatic rings.